The lowest BCUT2D eigenvalue weighted by molar-refractivity contribution is 0.0755. The zero-order valence-corrected chi connectivity index (χ0v) is 18.6. The number of nitrogens with one attached hydrogen (secondary N) is 2. The van der Waals surface area contributed by atoms with E-state index >= 15 is 0 Å². The molecule has 0 aliphatic heterocycles. The van der Waals surface area contributed by atoms with Crippen molar-refractivity contribution in [1.29, 1.82) is 0 Å². The van der Waals surface area contributed by atoms with E-state index in [2.05, 4.69) is 10.6 Å². The van der Waals surface area contributed by atoms with Gasteiger partial charge >= 0.3 is 0 Å². The standard InChI is InChI=1S/C21H23Cl2N3O2S/c1-3-10-26(11-4-2)20(28)14-6-5-7-16(12-14)24-21(29)25-19(27)17-9-8-15(22)13-18(17)23/h5-9,12-13H,3-4,10-11H2,1-2H3,(H2,24,25,27,29). The summed E-state index contributed by atoms with van der Waals surface area (Å²) < 4.78 is 0. The van der Waals surface area contributed by atoms with Crippen LogP contribution in [0.25, 0.3) is 0 Å². The highest BCUT2D eigenvalue weighted by molar-refractivity contribution is 7.80. The fraction of sp³-hybridized carbons (Fsp3) is 0.286. The van der Waals surface area contributed by atoms with Gasteiger partial charge in [-0.1, -0.05) is 43.1 Å². The van der Waals surface area contributed by atoms with Gasteiger partial charge in [0.1, 0.15) is 0 Å². The van der Waals surface area contributed by atoms with Gasteiger partial charge in [0.15, 0.2) is 5.11 Å². The van der Waals surface area contributed by atoms with Gasteiger partial charge in [-0.25, -0.2) is 0 Å². The molecule has 0 aliphatic rings. The quantitative estimate of drug-likeness (QED) is 0.554. The summed E-state index contributed by atoms with van der Waals surface area (Å²) in [6.45, 7) is 5.51. The second kappa shape index (κ2) is 11.1. The minimum atomic E-state index is -0.450. The molecule has 0 saturated carbocycles. The van der Waals surface area contributed by atoms with Crippen LogP contribution in [0, 0.1) is 0 Å². The number of amides is 2. The molecule has 5 nitrogen and oxygen atoms in total. The number of hydrogen-bond acceptors (Lipinski definition) is 3. The highest BCUT2D eigenvalue weighted by Gasteiger charge is 2.16. The topological polar surface area (TPSA) is 61.4 Å². The Morgan fingerprint density at radius 2 is 1.72 bits per heavy atom. The Morgan fingerprint density at radius 1 is 1.03 bits per heavy atom. The Balaban J connectivity index is 2.06. The lowest BCUT2D eigenvalue weighted by Gasteiger charge is -2.21. The molecule has 0 bridgehead atoms. The maximum Gasteiger partial charge on any atom is 0.258 e. The summed E-state index contributed by atoms with van der Waals surface area (Å²) in [7, 11) is 0. The highest BCUT2D eigenvalue weighted by atomic mass is 35.5. The number of thiocarbonyl (C=S) groups is 1. The van der Waals surface area contributed by atoms with Crippen LogP contribution in [-0.4, -0.2) is 34.9 Å². The number of anilines is 1. The van der Waals surface area contributed by atoms with Crippen LogP contribution in [0.2, 0.25) is 10.0 Å². The van der Waals surface area contributed by atoms with E-state index in [1.54, 1.807) is 30.3 Å². The summed E-state index contributed by atoms with van der Waals surface area (Å²) in [6.07, 6.45) is 1.79. The zero-order valence-electron chi connectivity index (χ0n) is 16.3. The van der Waals surface area contributed by atoms with E-state index in [1.807, 2.05) is 18.7 Å². The number of hydrogen-bond donors (Lipinski definition) is 2. The first-order valence-electron chi connectivity index (χ1n) is 9.32. The molecule has 0 fully saturated rings. The lowest BCUT2D eigenvalue weighted by Crippen LogP contribution is -2.34. The van der Waals surface area contributed by atoms with E-state index in [0.29, 0.717) is 29.4 Å². The molecule has 0 unspecified atom stereocenters. The molecular formula is C21H23Cl2N3O2S. The summed E-state index contributed by atoms with van der Waals surface area (Å²) in [5.74, 6) is -0.478. The summed E-state index contributed by atoms with van der Waals surface area (Å²) in [5, 5.41) is 6.28. The van der Waals surface area contributed by atoms with Crippen molar-refractivity contribution in [1.82, 2.24) is 10.2 Å². The fourth-order valence-electron chi connectivity index (χ4n) is 2.77. The largest absolute Gasteiger partial charge is 0.339 e. The SMILES string of the molecule is CCCN(CCC)C(=O)c1cccc(NC(=S)NC(=O)c2ccc(Cl)cc2Cl)c1. The second-order valence-electron chi connectivity index (χ2n) is 6.41. The molecule has 2 aromatic carbocycles. The van der Waals surface area contributed by atoms with Gasteiger partial charge in [-0.2, -0.15) is 0 Å². The average molecular weight is 452 g/mol. The van der Waals surface area contributed by atoms with Gasteiger partial charge in [-0.3, -0.25) is 14.9 Å². The minimum absolute atomic E-state index is 0.0275. The number of rotatable bonds is 7. The van der Waals surface area contributed by atoms with Crippen molar-refractivity contribution in [2.24, 2.45) is 0 Å². The molecule has 0 aliphatic carbocycles. The molecule has 0 saturated heterocycles. The summed E-state index contributed by atoms with van der Waals surface area (Å²) in [5.41, 5.74) is 1.43. The van der Waals surface area contributed by atoms with Crippen LogP contribution in [0.5, 0.6) is 0 Å². The van der Waals surface area contributed by atoms with Gasteiger partial charge in [0.25, 0.3) is 11.8 Å². The van der Waals surface area contributed by atoms with Gasteiger partial charge in [-0.05, 0) is 61.5 Å². The second-order valence-corrected chi connectivity index (χ2v) is 7.66. The molecule has 2 amide bonds. The summed E-state index contributed by atoms with van der Waals surface area (Å²) in [4.78, 5) is 27.0. The van der Waals surface area contributed by atoms with E-state index in [-0.39, 0.29) is 21.6 Å². The smallest absolute Gasteiger partial charge is 0.258 e. The van der Waals surface area contributed by atoms with Crippen molar-refractivity contribution in [2.45, 2.75) is 26.7 Å². The first-order valence-corrected chi connectivity index (χ1v) is 10.5. The predicted octanol–water partition coefficient (Wildman–Crippen LogP) is 5.38. The number of halogens is 2. The van der Waals surface area contributed by atoms with E-state index in [1.165, 1.54) is 12.1 Å². The van der Waals surface area contributed by atoms with Crippen molar-refractivity contribution in [3.8, 4) is 0 Å². The number of nitrogens with zero attached hydrogens (tertiary/aromatic N) is 1. The molecule has 8 heteroatoms. The van der Waals surface area contributed by atoms with Gasteiger partial charge in [0.05, 0.1) is 10.6 Å². The van der Waals surface area contributed by atoms with Crippen LogP contribution in [0.3, 0.4) is 0 Å². The maximum absolute atomic E-state index is 12.8. The first kappa shape index (κ1) is 23.1. The lowest BCUT2D eigenvalue weighted by atomic mass is 10.1. The third-order valence-electron chi connectivity index (χ3n) is 4.04. The van der Waals surface area contributed by atoms with Crippen LogP contribution >= 0.6 is 35.4 Å². The Labute approximate surface area is 186 Å². The van der Waals surface area contributed by atoms with E-state index in [4.69, 9.17) is 35.4 Å². The molecule has 0 spiro atoms. The van der Waals surface area contributed by atoms with Crippen molar-refractivity contribution >= 4 is 58.0 Å². The fourth-order valence-corrected chi connectivity index (χ4v) is 3.48. The average Bonchev–Trinajstić information content (AvgIpc) is 2.67. The summed E-state index contributed by atoms with van der Waals surface area (Å²) in [6, 6.07) is 11.6. The third-order valence-corrected chi connectivity index (χ3v) is 4.80. The van der Waals surface area contributed by atoms with Crippen LogP contribution in [0.1, 0.15) is 47.4 Å². The molecule has 2 aromatic rings. The Morgan fingerprint density at radius 3 is 2.34 bits per heavy atom. The van der Waals surface area contributed by atoms with Crippen molar-refractivity contribution in [3.63, 3.8) is 0 Å². The molecule has 29 heavy (non-hydrogen) atoms. The normalized spacial score (nSPS) is 10.3. The number of carbonyl (C=O) groups excluding carboxylic acids is 2. The van der Waals surface area contributed by atoms with Crippen LogP contribution in [-0.2, 0) is 0 Å². The van der Waals surface area contributed by atoms with Crippen molar-refractivity contribution < 1.29 is 9.59 Å². The maximum atomic E-state index is 12.8. The number of carbonyl (C=O) groups is 2. The number of benzene rings is 2. The van der Waals surface area contributed by atoms with E-state index in [9.17, 15) is 9.59 Å². The predicted molar refractivity (Wildman–Crippen MR) is 123 cm³/mol. The van der Waals surface area contributed by atoms with Gasteiger partial charge in [0, 0.05) is 29.4 Å². The minimum Gasteiger partial charge on any atom is -0.339 e. The third kappa shape index (κ3) is 6.70. The molecule has 154 valence electrons. The highest BCUT2D eigenvalue weighted by Crippen LogP contribution is 2.21. The van der Waals surface area contributed by atoms with Gasteiger partial charge in [-0.15, -0.1) is 0 Å². The Kier molecular flexibility index (Phi) is 8.89. The Hall–Kier alpha value is -2.15. The Bertz CT molecular complexity index is 899. The monoisotopic (exact) mass is 451 g/mol. The van der Waals surface area contributed by atoms with E-state index in [0.717, 1.165) is 12.8 Å². The summed E-state index contributed by atoms with van der Waals surface area (Å²) >= 11 is 17.1. The van der Waals surface area contributed by atoms with Crippen LogP contribution < -0.4 is 10.6 Å². The molecule has 0 atom stereocenters. The zero-order chi connectivity index (χ0) is 21.4. The van der Waals surface area contributed by atoms with Gasteiger partial charge in [0.2, 0.25) is 0 Å². The molecule has 2 N–H and O–H groups in total. The first-order chi connectivity index (χ1) is 13.8. The van der Waals surface area contributed by atoms with Gasteiger partial charge < -0.3 is 10.2 Å². The van der Waals surface area contributed by atoms with Crippen LogP contribution in [0.4, 0.5) is 5.69 Å². The molecule has 0 radical (unpaired) electrons. The molecule has 2 rings (SSSR count). The molecular weight excluding hydrogens is 429 g/mol. The molecule has 0 heterocycles. The molecule has 0 aromatic heterocycles. The van der Waals surface area contributed by atoms with Crippen molar-refractivity contribution in [2.75, 3.05) is 18.4 Å². The van der Waals surface area contributed by atoms with Crippen molar-refractivity contribution in [3.05, 3.63) is 63.6 Å². The van der Waals surface area contributed by atoms with Crippen LogP contribution in [0.15, 0.2) is 42.5 Å². The van der Waals surface area contributed by atoms with E-state index < -0.39 is 5.91 Å².